The number of fused-ring (bicyclic) bond motifs is 1. The molecule has 2 atom stereocenters. The van der Waals surface area contributed by atoms with Crippen molar-refractivity contribution in [2.45, 2.75) is 25.9 Å². The van der Waals surface area contributed by atoms with Gasteiger partial charge in [0.15, 0.2) is 5.65 Å². The molecule has 0 bridgehead atoms. The van der Waals surface area contributed by atoms with Gasteiger partial charge in [-0.1, -0.05) is 24.3 Å². The van der Waals surface area contributed by atoms with Crippen molar-refractivity contribution in [1.82, 2.24) is 15.0 Å². The predicted octanol–water partition coefficient (Wildman–Crippen LogP) is 3.19. The first kappa shape index (κ1) is 21.7. The van der Waals surface area contributed by atoms with Crippen LogP contribution in [0.15, 0.2) is 41.4 Å². The van der Waals surface area contributed by atoms with Gasteiger partial charge in [-0.25, -0.2) is 4.98 Å². The summed E-state index contributed by atoms with van der Waals surface area (Å²) < 4.78 is 11.3. The Kier molecular flexibility index (Phi) is 6.20. The fraction of sp³-hybridized carbons (Fsp3) is 0.440. The molecule has 1 aromatic carbocycles. The zero-order valence-electron chi connectivity index (χ0n) is 19.4. The number of hydrogen-bond donors (Lipinski definition) is 0. The molecule has 0 N–H and O–H groups in total. The maximum atomic E-state index is 5.68. The second-order valence-corrected chi connectivity index (χ2v) is 8.66. The lowest BCUT2D eigenvalue weighted by molar-refractivity contribution is 0.0973. The van der Waals surface area contributed by atoms with E-state index in [9.17, 15) is 0 Å². The standard InChI is InChI=1S/C25H30N6O2/c1-17-15-32-12-10-30(17)24-21-8-9-22(20-6-4-19(5-7-20)14-26-3)27-23(21)28-25(29-24)31-11-13-33-16-18(31)2/h4-9,14,17-18H,10-13,15-16H2,1-3H3/b26-14+/t17-,18-/m0/s1. The Morgan fingerprint density at radius 1 is 0.879 bits per heavy atom. The van der Waals surface area contributed by atoms with E-state index in [2.05, 4.69) is 65.0 Å². The summed E-state index contributed by atoms with van der Waals surface area (Å²) >= 11 is 0. The van der Waals surface area contributed by atoms with E-state index in [0.717, 1.165) is 41.1 Å². The second-order valence-electron chi connectivity index (χ2n) is 8.66. The van der Waals surface area contributed by atoms with Crippen molar-refractivity contribution < 1.29 is 9.47 Å². The molecule has 3 aromatic rings. The van der Waals surface area contributed by atoms with Crippen LogP contribution in [0.3, 0.4) is 0 Å². The number of hydrogen-bond acceptors (Lipinski definition) is 8. The van der Waals surface area contributed by atoms with Crippen molar-refractivity contribution in [2.24, 2.45) is 4.99 Å². The first-order chi connectivity index (χ1) is 16.1. The summed E-state index contributed by atoms with van der Waals surface area (Å²) in [5.41, 5.74) is 3.72. The average molecular weight is 447 g/mol. The third-order valence-electron chi connectivity index (χ3n) is 6.28. The highest BCUT2D eigenvalue weighted by atomic mass is 16.5. The van der Waals surface area contributed by atoms with Crippen LogP contribution in [0.25, 0.3) is 22.3 Å². The van der Waals surface area contributed by atoms with Gasteiger partial charge in [0.1, 0.15) is 5.82 Å². The van der Waals surface area contributed by atoms with Gasteiger partial charge in [-0.05, 0) is 31.5 Å². The van der Waals surface area contributed by atoms with Crippen LogP contribution in [0.2, 0.25) is 0 Å². The molecule has 2 saturated heterocycles. The molecular formula is C25H30N6O2. The van der Waals surface area contributed by atoms with E-state index in [4.69, 9.17) is 24.4 Å². The van der Waals surface area contributed by atoms with Gasteiger partial charge in [-0.2, -0.15) is 9.97 Å². The molecule has 33 heavy (non-hydrogen) atoms. The third-order valence-corrected chi connectivity index (χ3v) is 6.28. The maximum Gasteiger partial charge on any atom is 0.229 e. The molecule has 0 amide bonds. The van der Waals surface area contributed by atoms with Crippen molar-refractivity contribution in [2.75, 3.05) is 56.4 Å². The highest BCUT2D eigenvalue weighted by molar-refractivity contribution is 5.90. The van der Waals surface area contributed by atoms with E-state index in [0.29, 0.717) is 38.0 Å². The zero-order chi connectivity index (χ0) is 22.8. The quantitative estimate of drug-likeness (QED) is 0.570. The zero-order valence-corrected chi connectivity index (χ0v) is 19.4. The number of aromatic nitrogens is 3. The van der Waals surface area contributed by atoms with Crippen LogP contribution in [-0.2, 0) is 9.47 Å². The number of rotatable bonds is 4. The van der Waals surface area contributed by atoms with Crippen LogP contribution in [0.4, 0.5) is 11.8 Å². The molecule has 5 rings (SSSR count). The van der Waals surface area contributed by atoms with Crippen LogP contribution < -0.4 is 9.80 Å². The van der Waals surface area contributed by atoms with Gasteiger partial charge in [0, 0.05) is 31.9 Å². The average Bonchev–Trinajstić information content (AvgIpc) is 2.84. The van der Waals surface area contributed by atoms with Gasteiger partial charge in [0.05, 0.1) is 49.6 Å². The number of benzene rings is 1. The molecule has 8 nitrogen and oxygen atoms in total. The summed E-state index contributed by atoms with van der Waals surface area (Å²) in [6.07, 6.45) is 1.84. The van der Waals surface area contributed by atoms with E-state index in [1.54, 1.807) is 7.05 Å². The summed E-state index contributed by atoms with van der Waals surface area (Å²) in [5.74, 6) is 1.64. The van der Waals surface area contributed by atoms with E-state index in [1.165, 1.54) is 0 Å². The Labute approximate surface area is 194 Å². The van der Waals surface area contributed by atoms with Crippen molar-refractivity contribution in [1.29, 1.82) is 0 Å². The minimum Gasteiger partial charge on any atom is -0.377 e. The monoisotopic (exact) mass is 446 g/mol. The lowest BCUT2D eigenvalue weighted by Gasteiger charge is -2.37. The normalized spacial score (nSPS) is 21.8. The van der Waals surface area contributed by atoms with Gasteiger partial charge < -0.3 is 19.3 Å². The van der Waals surface area contributed by atoms with Crippen molar-refractivity contribution in [3.63, 3.8) is 0 Å². The van der Waals surface area contributed by atoms with Crippen LogP contribution in [0, 0.1) is 0 Å². The first-order valence-corrected chi connectivity index (χ1v) is 11.5. The Balaban J connectivity index is 1.61. The van der Waals surface area contributed by atoms with Gasteiger partial charge in [-0.15, -0.1) is 0 Å². The molecule has 2 aliphatic rings. The van der Waals surface area contributed by atoms with Crippen molar-refractivity contribution in [3.05, 3.63) is 42.0 Å². The van der Waals surface area contributed by atoms with Crippen LogP contribution >= 0.6 is 0 Å². The molecule has 0 aliphatic carbocycles. The molecular weight excluding hydrogens is 416 g/mol. The highest BCUT2D eigenvalue weighted by Gasteiger charge is 2.27. The summed E-state index contributed by atoms with van der Waals surface area (Å²) in [7, 11) is 1.78. The van der Waals surface area contributed by atoms with Crippen LogP contribution in [-0.4, -0.2) is 79.8 Å². The largest absolute Gasteiger partial charge is 0.377 e. The summed E-state index contributed by atoms with van der Waals surface area (Å²) in [4.78, 5) is 23.6. The molecule has 0 radical (unpaired) electrons. The van der Waals surface area contributed by atoms with E-state index in [1.807, 2.05) is 6.21 Å². The predicted molar refractivity (Wildman–Crippen MR) is 132 cm³/mol. The SMILES string of the molecule is C/N=C/c1ccc(-c2ccc3c(N4CCOC[C@@H]4C)nc(N4CCOC[C@@H]4C)nc3n2)cc1. The first-order valence-electron chi connectivity index (χ1n) is 11.5. The Bertz CT molecular complexity index is 1150. The van der Waals surface area contributed by atoms with E-state index >= 15 is 0 Å². The van der Waals surface area contributed by atoms with E-state index < -0.39 is 0 Å². The van der Waals surface area contributed by atoms with Crippen molar-refractivity contribution >= 4 is 29.0 Å². The number of morpholine rings is 2. The van der Waals surface area contributed by atoms with Crippen molar-refractivity contribution in [3.8, 4) is 11.3 Å². The number of ether oxygens (including phenoxy) is 2. The van der Waals surface area contributed by atoms with Crippen LogP contribution in [0.1, 0.15) is 19.4 Å². The highest BCUT2D eigenvalue weighted by Crippen LogP contribution is 2.31. The number of anilines is 2. The van der Waals surface area contributed by atoms with E-state index in [-0.39, 0.29) is 12.1 Å². The Morgan fingerprint density at radius 2 is 1.58 bits per heavy atom. The molecule has 0 unspecified atom stereocenters. The number of aliphatic imine (C=N–C) groups is 1. The smallest absolute Gasteiger partial charge is 0.229 e. The summed E-state index contributed by atoms with van der Waals surface area (Å²) in [6.45, 7) is 8.62. The Hall–Kier alpha value is -3.10. The third kappa shape index (κ3) is 4.41. The topological polar surface area (TPSA) is 76.0 Å². The Morgan fingerprint density at radius 3 is 2.24 bits per heavy atom. The lowest BCUT2D eigenvalue weighted by Crippen LogP contribution is -2.46. The van der Waals surface area contributed by atoms with Gasteiger partial charge >= 0.3 is 0 Å². The minimum absolute atomic E-state index is 0.210. The van der Waals surface area contributed by atoms with Gasteiger partial charge in [0.25, 0.3) is 0 Å². The molecule has 2 aliphatic heterocycles. The number of pyridine rings is 1. The minimum atomic E-state index is 0.210. The maximum absolute atomic E-state index is 5.68. The fourth-order valence-electron chi connectivity index (χ4n) is 4.45. The molecule has 8 heteroatoms. The summed E-state index contributed by atoms with van der Waals surface area (Å²) in [5, 5.41) is 0.965. The van der Waals surface area contributed by atoms with Gasteiger partial charge in [-0.3, -0.25) is 4.99 Å². The second kappa shape index (κ2) is 9.41. The van der Waals surface area contributed by atoms with Crippen LogP contribution in [0.5, 0.6) is 0 Å². The fourth-order valence-corrected chi connectivity index (χ4v) is 4.45. The molecule has 172 valence electrons. The molecule has 0 saturated carbocycles. The summed E-state index contributed by atoms with van der Waals surface area (Å²) in [6, 6.07) is 12.8. The molecule has 2 aromatic heterocycles. The number of nitrogens with zero attached hydrogens (tertiary/aromatic N) is 6. The van der Waals surface area contributed by atoms with Gasteiger partial charge in [0.2, 0.25) is 5.95 Å². The molecule has 4 heterocycles. The molecule has 0 spiro atoms. The lowest BCUT2D eigenvalue weighted by atomic mass is 10.1. The molecule has 2 fully saturated rings.